The predicted octanol–water partition coefficient (Wildman–Crippen LogP) is 4.66. The number of aliphatic hydroxyl groups is 1. The molecule has 0 bridgehead atoms. The van der Waals surface area contributed by atoms with E-state index in [1.165, 1.54) is 18.4 Å². The van der Waals surface area contributed by atoms with Crippen LogP contribution in [-0.4, -0.2) is 17.3 Å². The Balaban J connectivity index is 2.24. The molecule has 0 heterocycles. The minimum atomic E-state index is -1.04. The monoisotopic (exact) mass is 332 g/mol. The lowest BCUT2D eigenvalue weighted by atomic mass is 9.50. The maximum absolute atomic E-state index is 11.1. The lowest BCUT2D eigenvalue weighted by molar-refractivity contribution is 0.0381. The van der Waals surface area contributed by atoms with Gasteiger partial charge in [-0.25, -0.2) is 0 Å². The van der Waals surface area contributed by atoms with Crippen LogP contribution in [-0.2, 0) is 17.4 Å². The maximum Gasteiger partial charge on any atom is 0.166 e. The molecule has 0 spiro atoms. The summed E-state index contributed by atoms with van der Waals surface area (Å²) in [6.45, 7) is 10.6. The molecular formula is C21H32O3. The SMILES string of the molecule is COc1c(C(C)(C)O)cc2c(c1O)[C@@]1(C)CCCC(C)(C)[C@@H]1CC2. The number of rotatable bonds is 2. The van der Waals surface area contributed by atoms with Crippen molar-refractivity contribution >= 4 is 0 Å². The Morgan fingerprint density at radius 2 is 1.88 bits per heavy atom. The number of phenols is 1. The van der Waals surface area contributed by atoms with Crippen molar-refractivity contribution in [2.75, 3.05) is 7.11 Å². The number of methoxy groups -OCH3 is 1. The van der Waals surface area contributed by atoms with E-state index in [-0.39, 0.29) is 11.2 Å². The average molecular weight is 332 g/mol. The van der Waals surface area contributed by atoms with Crippen LogP contribution in [0, 0.1) is 11.3 Å². The van der Waals surface area contributed by atoms with E-state index in [1.807, 2.05) is 0 Å². The van der Waals surface area contributed by atoms with Crippen LogP contribution in [0.5, 0.6) is 11.5 Å². The van der Waals surface area contributed by atoms with Gasteiger partial charge in [-0.05, 0) is 67.9 Å². The summed E-state index contributed by atoms with van der Waals surface area (Å²) < 4.78 is 5.54. The lowest BCUT2D eigenvalue weighted by Gasteiger charge is -2.54. The molecule has 0 unspecified atom stereocenters. The molecule has 0 amide bonds. The number of hydrogen-bond donors (Lipinski definition) is 2. The maximum atomic E-state index is 11.1. The second-order valence-electron chi connectivity index (χ2n) is 9.25. The number of aryl methyl sites for hydroxylation is 1. The molecule has 0 aromatic heterocycles. The van der Waals surface area contributed by atoms with Gasteiger partial charge < -0.3 is 14.9 Å². The minimum Gasteiger partial charge on any atom is -0.504 e. The third kappa shape index (κ3) is 2.44. The van der Waals surface area contributed by atoms with Crippen molar-refractivity contribution < 1.29 is 14.9 Å². The number of fused-ring (bicyclic) bond motifs is 3. The summed E-state index contributed by atoms with van der Waals surface area (Å²) >= 11 is 0. The Bertz CT molecular complexity index is 654. The molecule has 1 aromatic carbocycles. The summed E-state index contributed by atoms with van der Waals surface area (Å²) in [6, 6.07) is 2.07. The lowest BCUT2D eigenvalue weighted by Crippen LogP contribution is -2.48. The van der Waals surface area contributed by atoms with Crippen LogP contribution >= 0.6 is 0 Å². The Labute approximate surface area is 146 Å². The van der Waals surface area contributed by atoms with E-state index in [4.69, 9.17) is 4.74 Å². The molecule has 2 aliphatic carbocycles. The van der Waals surface area contributed by atoms with Crippen molar-refractivity contribution in [3.05, 3.63) is 22.8 Å². The number of ether oxygens (including phenoxy) is 1. The first-order chi connectivity index (χ1) is 11.0. The number of hydrogen-bond acceptors (Lipinski definition) is 3. The number of aromatic hydroxyl groups is 1. The van der Waals surface area contributed by atoms with E-state index in [2.05, 4.69) is 26.8 Å². The molecule has 0 radical (unpaired) electrons. The highest BCUT2D eigenvalue weighted by Crippen LogP contribution is 2.60. The van der Waals surface area contributed by atoms with E-state index in [0.29, 0.717) is 22.6 Å². The molecule has 3 nitrogen and oxygen atoms in total. The molecule has 1 aromatic rings. The fourth-order valence-corrected chi connectivity index (χ4v) is 5.63. The van der Waals surface area contributed by atoms with Crippen LogP contribution in [0.1, 0.15) is 77.0 Å². The Morgan fingerprint density at radius 1 is 1.21 bits per heavy atom. The van der Waals surface area contributed by atoms with Gasteiger partial charge in [0.25, 0.3) is 0 Å². The van der Waals surface area contributed by atoms with Gasteiger partial charge in [-0.1, -0.05) is 27.2 Å². The van der Waals surface area contributed by atoms with Crippen LogP contribution in [0.25, 0.3) is 0 Å². The molecule has 2 N–H and O–H groups in total. The molecule has 3 heteroatoms. The molecule has 2 atom stereocenters. The summed E-state index contributed by atoms with van der Waals surface area (Å²) in [5, 5.41) is 21.6. The Hall–Kier alpha value is -1.22. The van der Waals surface area contributed by atoms with Crippen molar-refractivity contribution in [1.82, 2.24) is 0 Å². The molecule has 24 heavy (non-hydrogen) atoms. The van der Waals surface area contributed by atoms with Crippen molar-refractivity contribution in [2.24, 2.45) is 11.3 Å². The highest BCUT2D eigenvalue weighted by Gasteiger charge is 2.51. The van der Waals surface area contributed by atoms with E-state index < -0.39 is 5.60 Å². The molecule has 3 rings (SSSR count). The van der Waals surface area contributed by atoms with E-state index in [9.17, 15) is 10.2 Å². The van der Waals surface area contributed by atoms with Gasteiger partial charge in [0.2, 0.25) is 0 Å². The molecule has 1 saturated carbocycles. The van der Waals surface area contributed by atoms with E-state index >= 15 is 0 Å². The van der Waals surface area contributed by atoms with Gasteiger partial charge in [0.15, 0.2) is 11.5 Å². The average Bonchev–Trinajstić information content (AvgIpc) is 2.44. The molecule has 134 valence electrons. The second-order valence-corrected chi connectivity index (χ2v) is 9.25. The summed E-state index contributed by atoms with van der Waals surface area (Å²) in [4.78, 5) is 0. The van der Waals surface area contributed by atoms with Gasteiger partial charge in [-0.3, -0.25) is 0 Å². The summed E-state index contributed by atoms with van der Waals surface area (Å²) in [7, 11) is 1.57. The largest absolute Gasteiger partial charge is 0.504 e. The summed E-state index contributed by atoms with van der Waals surface area (Å²) in [6.07, 6.45) is 5.65. The van der Waals surface area contributed by atoms with Crippen LogP contribution < -0.4 is 4.74 Å². The van der Waals surface area contributed by atoms with Crippen LogP contribution in [0.2, 0.25) is 0 Å². The minimum absolute atomic E-state index is 0.0230. The first-order valence-corrected chi connectivity index (χ1v) is 9.18. The van der Waals surface area contributed by atoms with Crippen molar-refractivity contribution in [3.8, 4) is 11.5 Å². The van der Waals surface area contributed by atoms with Crippen LogP contribution in [0.3, 0.4) is 0 Å². The topological polar surface area (TPSA) is 49.7 Å². The predicted molar refractivity (Wildman–Crippen MR) is 96.7 cm³/mol. The van der Waals surface area contributed by atoms with Gasteiger partial charge in [0.05, 0.1) is 12.7 Å². The fourth-order valence-electron chi connectivity index (χ4n) is 5.63. The van der Waals surface area contributed by atoms with E-state index in [0.717, 1.165) is 24.8 Å². The molecular weight excluding hydrogens is 300 g/mol. The molecule has 2 aliphatic rings. The zero-order valence-electron chi connectivity index (χ0n) is 16.0. The fraction of sp³-hybridized carbons (Fsp3) is 0.714. The van der Waals surface area contributed by atoms with Crippen LogP contribution in [0.4, 0.5) is 0 Å². The van der Waals surface area contributed by atoms with Gasteiger partial charge in [-0.2, -0.15) is 0 Å². The van der Waals surface area contributed by atoms with Gasteiger partial charge in [-0.15, -0.1) is 0 Å². The molecule has 0 saturated heterocycles. The Morgan fingerprint density at radius 3 is 2.46 bits per heavy atom. The standard InChI is InChI=1S/C21H32O3/c1-19(2)10-7-11-21(5)15(19)9-8-13-12-14(20(3,4)23)18(24-6)17(22)16(13)21/h12,15,22-23H,7-11H2,1-6H3/t15-,21-/m0/s1. The highest BCUT2D eigenvalue weighted by molar-refractivity contribution is 5.60. The first-order valence-electron chi connectivity index (χ1n) is 9.18. The van der Waals surface area contributed by atoms with Gasteiger partial charge in [0, 0.05) is 11.1 Å². The van der Waals surface area contributed by atoms with E-state index in [1.54, 1.807) is 21.0 Å². The van der Waals surface area contributed by atoms with Crippen molar-refractivity contribution in [3.63, 3.8) is 0 Å². The van der Waals surface area contributed by atoms with Gasteiger partial charge >= 0.3 is 0 Å². The number of phenolic OH excluding ortho intramolecular Hbond substituents is 1. The van der Waals surface area contributed by atoms with Crippen LogP contribution in [0.15, 0.2) is 6.07 Å². The molecule has 0 aliphatic heterocycles. The zero-order valence-corrected chi connectivity index (χ0v) is 16.0. The third-order valence-corrected chi connectivity index (χ3v) is 6.70. The summed E-state index contributed by atoms with van der Waals surface area (Å²) in [5.74, 6) is 1.25. The van der Waals surface area contributed by atoms with Gasteiger partial charge in [0.1, 0.15) is 0 Å². The summed E-state index contributed by atoms with van der Waals surface area (Å²) in [5.41, 5.74) is 2.16. The highest BCUT2D eigenvalue weighted by atomic mass is 16.5. The quantitative estimate of drug-likeness (QED) is 0.828. The first kappa shape index (κ1) is 17.6. The second kappa shape index (κ2) is 5.39. The van der Waals surface area contributed by atoms with Crippen molar-refractivity contribution in [1.29, 1.82) is 0 Å². The smallest absolute Gasteiger partial charge is 0.166 e. The zero-order chi connectivity index (χ0) is 17.9. The molecule has 1 fully saturated rings. The third-order valence-electron chi connectivity index (χ3n) is 6.70. The number of benzene rings is 1. The Kier molecular flexibility index (Phi) is 3.95. The van der Waals surface area contributed by atoms with Crippen molar-refractivity contribution in [2.45, 2.75) is 77.7 Å². The normalized spacial score (nSPS) is 28.9.